The maximum atomic E-state index is 12.5. The molecule has 0 unspecified atom stereocenters. The smallest absolute Gasteiger partial charge is 0.317 e. The second kappa shape index (κ2) is 5.77. The lowest BCUT2D eigenvalue weighted by atomic mass is 9.81. The SMILES string of the molecule is O=C(NCc1cc2ccccc2s1)N1C[C@@H]2CCC[C@@]2(C(=O)O)C1. The van der Waals surface area contributed by atoms with Crippen LogP contribution in [0.15, 0.2) is 30.3 Å². The molecule has 1 saturated carbocycles. The van der Waals surface area contributed by atoms with Crippen molar-refractivity contribution in [3.8, 4) is 0 Å². The highest BCUT2D eigenvalue weighted by Gasteiger charge is 2.55. The fraction of sp³-hybridized carbons (Fsp3) is 0.444. The van der Waals surface area contributed by atoms with Gasteiger partial charge in [0.15, 0.2) is 0 Å². The third-order valence-corrected chi connectivity index (χ3v) is 6.59. The normalized spacial score (nSPS) is 25.8. The number of benzene rings is 1. The minimum atomic E-state index is -0.746. The number of thiophene rings is 1. The lowest BCUT2D eigenvalue weighted by Crippen LogP contribution is -2.41. The number of carbonyl (C=O) groups is 2. The maximum absolute atomic E-state index is 12.5. The molecule has 1 aliphatic heterocycles. The van der Waals surface area contributed by atoms with Gasteiger partial charge in [0.2, 0.25) is 0 Å². The fourth-order valence-corrected chi connectivity index (χ4v) is 5.20. The lowest BCUT2D eigenvalue weighted by molar-refractivity contribution is -0.149. The zero-order valence-corrected chi connectivity index (χ0v) is 14.1. The van der Waals surface area contributed by atoms with Gasteiger partial charge in [-0.1, -0.05) is 24.6 Å². The monoisotopic (exact) mass is 344 g/mol. The van der Waals surface area contributed by atoms with Crippen LogP contribution < -0.4 is 5.32 Å². The van der Waals surface area contributed by atoms with Gasteiger partial charge in [-0.15, -0.1) is 11.3 Å². The molecule has 1 aromatic carbocycles. The molecule has 0 bridgehead atoms. The van der Waals surface area contributed by atoms with Crippen molar-refractivity contribution < 1.29 is 14.7 Å². The van der Waals surface area contributed by atoms with Crippen molar-refractivity contribution in [3.05, 3.63) is 35.2 Å². The molecule has 4 rings (SSSR count). The molecule has 5 nitrogen and oxygen atoms in total. The minimum Gasteiger partial charge on any atom is -0.481 e. The van der Waals surface area contributed by atoms with Gasteiger partial charge in [0.05, 0.1) is 12.0 Å². The Morgan fingerprint density at radius 3 is 2.96 bits per heavy atom. The standard InChI is InChI=1S/C18H20N2O3S/c21-16(22)18-7-3-5-13(18)10-20(11-18)17(23)19-9-14-8-12-4-1-2-6-15(12)24-14/h1-2,4,6,8,13H,3,5,7,9-11H2,(H,19,23)(H,21,22)/t13-,18+/m0/s1. The number of carboxylic acids is 1. The lowest BCUT2D eigenvalue weighted by Gasteiger charge is -2.23. The number of carbonyl (C=O) groups excluding carboxylic acids is 1. The van der Waals surface area contributed by atoms with Crippen LogP contribution in [0.5, 0.6) is 0 Å². The molecule has 0 radical (unpaired) electrons. The first-order valence-corrected chi connectivity index (χ1v) is 9.14. The molecule has 2 aromatic rings. The van der Waals surface area contributed by atoms with E-state index in [-0.39, 0.29) is 11.9 Å². The number of hydrogen-bond donors (Lipinski definition) is 2. The molecule has 2 fully saturated rings. The van der Waals surface area contributed by atoms with E-state index in [4.69, 9.17) is 0 Å². The predicted molar refractivity (Wildman–Crippen MR) is 93.0 cm³/mol. The van der Waals surface area contributed by atoms with Gasteiger partial charge in [0.1, 0.15) is 0 Å². The van der Waals surface area contributed by atoms with E-state index >= 15 is 0 Å². The predicted octanol–water partition coefficient (Wildman–Crippen LogP) is 3.30. The van der Waals surface area contributed by atoms with Crippen LogP contribution in [0, 0.1) is 11.3 Å². The molecule has 2 atom stereocenters. The van der Waals surface area contributed by atoms with Crippen LogP contribution in [0.4, 0.5) is 4.79 Å². The molecule has 24 heavy (non-hydrogen) atoms. The second-order valence-corrected chi connectivity index (χ2v) is 8.01. The van der Waals surface area contributed by atoms with Crippen LogP contribution in [0.3, 0.4) is 0 Å². The maximum Gasteiger partial charge on any atom is 0.317 e. The largest absolute Gasteiger partial charge is 0.481 e. The van der Waals surface area contributed by atoms with Gasteiger partial charge >= 0.3 is 12.0 Å². The Kier molecular flexibility index (Phi) is 3.72. The first-order chi connectivity index (χ1) is 11.6. The number of aliphatic carboxylic acids is 1. The zero-order chi connectivity index (χ0) is 16.7. The molecule has 2 heterocycles. The molecule has 2 amide bonds. The summed E-state index contributed by atoms with van der Waals surface area (Å²) in [6.45, 7) is 1.38. The summed E-state index contributed by atoms with van der Waals surface area (Å²) >= 11 is 1.68. The summed E-state index contributed by atoms with van der Waals surface area (Å²) in [7, 11) is 0. The number of carboxylic acid groups (broad SMARTS) is 1. The van der Waals surface area contributed by atoms with Gasteiger partial charge in [-0.05, 0) is 36.3 Å². The summed E-state index contributed by atoms with van der Waals surface area (Å²) in [6.07, 6.45) is 2.55. The molecular weight excluding hydrogens is 324 g/mol. The van der Waals surface area contributed by atoms with Crippen LogP contribution in [-0.4, -0.2) is 35.1 Å². The number of fused-ring (bicyclic) bond motifs is 2. The average Bonchev–Trinajstić information content (AvgIpc) is 3.23. The van der Waals surface area contributed by atoms with Gasteiger partial charge in [-0.2, -0.15) is 0 Å². The topological polar surface area (TPSA) is 69.6 Å². The molecule has 1 aromatic heterocycles. The van der Waals surface area contributed by atoms with Gasteiger partial charge in [0, 0.05) is 22.7 Å². The van der Waals surface area contributed by atoms with Gasteiger partial charge in [0.25, 0.3) is 0 Å². The Morgan fingerprint density at radius 1 is 1.38 bits per heavy atom. The highest BCUT2D eigenvalue weighted by Crippen LogP contribution is 2.48. The van der Waals surface area contributed by atoms with E-state index in [1.54, 1.807) is 16.2 Å². The van der Waals surface area contributed by atoms with Crippen molar-refractivity contribution >= 4 is 33.4 Å². The molecule has 6 heteroatoms. The van der Waals surface area contributed by atoms with Crippen molar-refractivity contribution in [2.45, 2.75) is 25.8 Å². The Bertz CT molecular complexity index is 769. The van der Waals surface area contributed by atoms with Gasteiger partial charge in [-0.3, -0.25) is 4.79 Å². The van der Waals surface area contributed by atoms with E-state index in [2.05, 4.69) is 23.5 Å². The first-order valence-electron chi connectivity index (χ1n) is 8.32. The average molecular weight is 344 g/mol. The van der Waals surface area contributed by atoms with Crippen molar-refractivity contribution in [1.82, 2.24) is 10.2 Å². The molecule has 0 spiro atoms. The van der Waals surface area contributed by atoms with E-state index in [9.17, 15) is 14.7 Å². The number of rotatable bonds is 3. The molecule has 126 valence electrons. The van der Waals surface area contributed by atoms with Gasteiger partial charge in [-0.25, -0.2) is 4.79 Å². The summed E-state index contributed by atoms with van der Waals surface area (Å²) < 4.78 is 1.21. The third kappa shape index (κ3) is 2.45. The van der Waals surface area contributed by atoms with E-state index in [0.29, 0.717) is 26.1 Å². The number of amides is 2. The number of urea groups is 1. The minimum absolute atomic E-state index is 0.102. The van der Waals surface area contributed by atoms with Crippen LogP contribution in [0.2, 0.25) is 0 Å². The molecule has 1 saturated heterocycles. The summed E-state index contributed by atoms with van der Waals surface area (Å²) in [5, 5.41) is 13.7. The quantitative estimate of drug-likeness (QED) is 0.897. The van der Waals surface area contributed by atoms with Crippen LogP contribution in [-0.2, 0) is 11.3 Å². The third-order valence-electron chi connectivity index (χ3n) is 5.47. The molecule has 1 aliphatic carbocycles. The summed E-state index contributed by atoms with van der Waals surface area (Å²) in [5.41, 5.74) is -0.713. The number of nitrogens with zero attached hydrogens (tertiary/aromatic N) is 1. The van der Waals surface area contributed by atoms with Crippen molar-refractivity contribution in [1.29, 1.82) is 0 Å². The highest BCUT2D eigenvalue weighted by molar-refractivity contribution is 7.19. The van der Waals surface area contributed by atoms with Gasteiger partial charge < -0.3 is 15.3 Å². The van der Waals surface area contributed by atoms with Crippen molar-refractivity contribution in [2.24, 2.45) is 11.3 Å². The highest BCUT2D eigenvalue weighted by atomic mass is 32.1. The molecular formula is C18H20N2O3S. The van der Waals surface area contributed by atoms with Crippen molar-refractivity contribution in [2.75, 3.05) is 13.1 Å². The Hall–Kier alpha value is -2.08. The summed E-state index contributed by atoms with van der Waals surface area (Å²) in [6, 6.07) is 10.1. The van der Waals surface area contributed by atoms with E-state index in [1.165, 1.54) is 10.1 Å². The second-order valence-electron chi connectivity index (χ2n) is 6.84. The Balaban J connectivity index is 1.41. The Labute approximate surface area is 144 Å². The van der Waals surface area contributed by atoms with Crippen molar-refractivity contribution in [3.63, 3.8) is 0 Å². The summed E-state index contributed by atoms with van der Waals surface area (Å²) in [5.74, 6) is -0.644. The van der Waals surface area contributed by atoms with E-state index in [1.807, 2.05) is 12.1 Å². The number of nitrogens with one attached hydrogen (secondary N) is 1. The van der Waals surface area contributed by atoms with Crippen LogP contribution in [0.1, 0.15) is 24.1 Å². The molecule has 2 aliphatic rings. The Morgan fingerprint density at radius 2 is 2.21 bits per heavy atom. The fourth-order valence-electron chi connectivity index (χ4n) is 4.19. The zero-order valence-electron chi connectivity index (χ0n) is 13.3. The number of likely N-dealkylation sites (tertiary alicyclic amines) is 1. The van der Waals surface area contributed by atoms with E-state index < -0.39 is 11.4 Å². The van der Waals surface area contributed by atoms with Crippen LogP contribution >= 0.6 is 11.3 Å². The molecule has 2 N–H and O–H groups in total. The summed E-state index contributed by atoms with van der Waals surface area (Å²) in [4.78, 5) is 26.9. The van der Waals surface area contributed by atoms with Crippen LogP contribution in [0.25, 0.3) is 10.1 Å². The number of hydrogen-bond acceptors (Lipinski definition) is 3. The first kappa shape index (κ1) is 15.4. The van der Waals surface area contributed by atoms with E-state index in [0.717, 1.165) is 17.7 Å².